The Bertz CT molecular complexity index is 771. The molecule has 0 radical (unpaired) electrons. The number of nitrogen functional groups attached to an aromatic ring is 1. The summed E-state index contributed by atoms with van der Waals surface area (Å²) in [6.45, 7) is 0. The van der Waals surface area contributed by atoms with Crippen LogP contribution in [0, 0.1) is 0 Å². The van der Waals surface area contributed by atoms with Crippen LogP contribution in [0.3, 0.4) is 0 Å². The number of benzene rings is 2. The van der Waals surface area contributed by atoms with E-state index in [2.05, 4.69) is 0 Å². The third kappa shape index (κ3) is 3.02. The van der Waals surface area contributed by atoms with E-state index in [0.29, 0.717) is 0 Å². The highest BCUT2D eigenvalue weighted by Crippen LogP contribution is 2.35. The van der Waals surface area contributed by atoms with Gasteiger partial charge in [-0.3, -0.25) is 4.31 Å². The molecule has 0 spiro atoms. The Morgan fingerprint density at radius 2 is 1.71 bits per heavy atom. The monoisotopic (exact) mass is 346 g/mol. The predicted molar refractivity (Wildman–Crippen MR) is 84.6 cm³/mol. The zero-order valence-electron chi connectivity index (χ0n) is 10.9. The average molecular weight is 347 g/mol. The molecule has 0 bridgehead atoms. The van der Waals surface area contributed by atoms with Crippen molar-refractivity contribution in [2.24, 2.45) is 0 Å². The fraction of sp³-hybridized carbons (Fsp3) is 0.0769. The Morgan fingerprint density at radius 3 is 2.24 bits per heavy atom. The topological polar surface area (TPSA) is 83.6 Å². The second-order valence-electron chi connectivity index (χ2n) is 4.31. The highest BCUT2D eigenvalue weighted by Gasteiger charge is 2.27. The number of nitrogens with zero attached hydrogens (tertiary/aromatic N) is 1. The molecule has 0 saturated heterocycles. The minimum absolute atomic E-state index is 0.0518. The number of phenolic OH excluding ortho intramolecular Hbond substituents is 1. The molecule has 0 saturated carbocycles. The van der Waals surface area contributed by atoms with Crippen LogP contribution in [-0.4, -0.2) is 20.6 Å². The predicted octanol–water partition coefficient (Wildman–Crippen LogP) is 3.11. The van der Waals surface area contributed by atoms with Crippen molar-refractivity contribution in [2.45, 2.75) is 4.90 Å². The first-order valence-electron chi connectivity index (χ1n) is 5.76. The van der Waals surface area contributed by atoms with Crippen molar-refractivity contribution in [3.63, 3.8) is 0 Å². The molecule has 112 valence electrons. The molecule has 0 aliphatic heterocycles. The second-order valence-corrected chi connectivity index (χ2v) is 7.03. The number of nitrogens with two attached hydrogens (primary N) is 1. The average Bonchev–Trinajstić information content (AvgIpc) is 2.36. The lowest BCUT2D eigenvalue weighted by molar-refractivity contribution is 0.475. The van der Waals surface area contributed by atoms with Crippen LogP contribution in [0.15, 0.2) is 41.3 Å². The van der Waals surface area contributed by atoms with Gasteiger partial charge in [0.2, 0.25) is 0 Å². The molecule has 3 N–H and O–H groups in total. The molecular formula is C13H12Cl2N2O3S. The summed E-state index contributed by atoms with van der Waals surface area (Å²) in [7, 11) is -2.64. The van der Waals surface area contributed by atoms with Crippen LogP contribution in [0.25, 0.3) is 0 Å². The van der Waals surface area contributed by atoms with Gasteiger partial charge in [-0.15, -0.1) is 0 Å². The maximum absolute atomic E-state index is 12.6. The highest BCUT2D eigenvalue weighted by molar-refractivity contribution is 7.93. The van der Waals surface area contributed by atoms with Gasteiger partial charge in [0.15, 0.2) is 0 Å². The van der Waals surface area contributed by atoms with Gasteiger partial charge in [0.1, 0.15) is 10.6 Å². The largest absolute Gasteiger partial charge is 0.508 e. The standard InChI is InChI=1S/C13H12Cl2N2O3S/c1-17(9-3-2-4-10(18)7-9)21(19,20)13-11(14)5-8(16)6-12(13)15/h2-7,18H,16H2,1H3. The van der Waals surface area contributed by atoms with Gasteiger partial charge in [0.05, 0.1) is 15.7 Å². The fourth-order valence-electron chi connectivity index (χ4n) is 1.79. The van der Waals surface area contributed by atoms with E-state index in [9.17, 15) is 13.5 Å². The van der Waals surface area contributed by atoms with E-state index >= 15 is 0 Å². The van der Waals surface area contributed by atoms with E-state index in [0.717, 1.165) is 4.31 Å². The van der Waals surface area contributed by atoms with Gasteiger partial charge < -0.3 is 10.8 Å². The van der Waals surface area contributed by atoms with Gasteiger partial charge in [-0.2, -0.15) is 0 Å². The first kappa shape index (κ1) is 15.8. The third-order valence-corrected chi connectivity index (χ3v) is 5.54. The maximum atomic E-state index is 12.6. The minimum atomic E-state index is -3.98. The van der Waals surface area contributed by atoms with E-state index < -0.39 is 10.0 Å². The van der Waals surface area contributed by atoms with E-state index in [1.807, 2.05) is 0 Å². The molecule has 0 aliphatic carbocycles. The van der Waals surface area contributed by atoms with Gasteiger partial charge >= 0.3 is 0 Å². The molecule has 2 aromatic carbocycles. The first-order valence-corrected chi connectivity index (χ1v) is 7.95. The van der Waals surface area contributed by atoms with Crippen molar-refractivity contribution in [1.82, 2.24) is 0 Å². The number of anilines is 2. The molecule has 21 heavy (non-hydrogen) atoms. The smallest absolute Gasteiger partial charge is 0.267 e. The normalized spacial score (nSPS) is 11.4. The van der Waals surface area contributed by atoms with Gasteiger partial charge in [-0.25, -0.2) is 8.42 Å². The summed E-state index contributed by atoms with van der Waals surface area (Å²) < 4.78 is 26.2. The van der Waals surface area contributed by atoms with Gasteiger partial charge in [-0.05, 0) is 24.3 Å². The van der Waals surface area contributed by atoms with Crippen LogP contribution < -0.4 is 10.0 Å². The Labute approximate surface area is 132 Å². The van der Waals surface area contributed by atoms with Gasteiger partial charge in [0, 0.05) is 18.8 Å². The Balaban J connectivity index is 2.57. The SMILES string of the molecule is CN(c1cccc(O)c1)S(=O)(=O)c1c(Cl)cc(N)cc1Cl. The quantitative estimate of drug-likeness (QED) is 0.836. The van der Waals surface area contributed by atoms with E-state index in [-0.39, 0.29) is 32.1 Å². The van der Waals surface area contributed by atoms with Crippen molar-refractivity contribution < 1.29 is 13.5 Å². The second kappa shape index (κ2) is 5.63. The van der Waals surface area contributed by atoms with E-state index in [4.69, 9.17) is 28.9 Å². The van der Waals surface area contributed by atoms with Crippen LogP contribution in [-0.2, 0) is 10.0 Å². The molecule has 0 amide bonds. The van der Waals surface area contributed by atoms with Crippen LogP contribution in [0.1, 0.15) is 0 Å². The summed E-state index contributed by atoms with van der Waals surface area (Å²) in [5, 5.41) is 9.33. The summed E-state index contributed by atoms with van der Waals surface area (Å²) in [6, 6.07) is 8.45. The minimum Gasteiger partial charge on any atom is -0.508 e. The lowest BCUT2D eigenvalue weighted by Crippen LogP contribution is -2.27. The number of halogens is 2. The Kier molecular flexibility index (Phi) is 4.22. The molecule has 0 unspecified atom stereocenters. The molecule has 0 atom stereocenters. The summed E-state index contributed by atoms with van der Waals surface area (Å²) in [5.74, 6) is -0.0518. The molecule has 2 aromatic rings. The lowest BCUT2D eigenvalue weighted by Gasteiger charge is -2.21. The number of hydrogen-bond acceptors (Lipinski definition) is 4. The molecular weight excluding hydrogens is 335 g/mol. The molecule has 0 fully saturated rings. The fourth-order valence-corrected chi connectivity index (χ4v) is 4.16. The van der Waals surface area contributed by atoms with Crippen LogP contribution in [0.4, 0.5) is 11.4 Å². The molecule has 2 rings (SSSR count). The maximum Gasteiger partial charge on any atom is 0.267 e. The lowest BCUT2D eigenvalue weighted by atomic mass is 10.3. The molecule has 0 heterocycles. The number of rotatable bonds is 3. The summed E-state index contributed by atoms with van der Waals surface area (Å²) in [6.07, 6.45) is 0. The van der Waals surface area contributed by atoms with Crippen LogP contribution in [0.2, 0.25) is 10.0 Å². The third-order valence-electron chi connectivity index (χ3n) is 2.83. The molecule has 0 aliphatic rings. The summed E-state index contributed by atoms with van der Waals surface area (Å²) in [5.41, 5.74) is 6.11. The van der Waals surface area contributed by atoms with Gasteiger partial charge in [-0.1, -0.05) is 29.3 Å². The van der Waals surface area contributed by atoms with Crippen molar-refractivity contribution in [3.8, 4) is 5.75 Å². The van der Waals surface area contributed by atoms with Crippen LogP contribution in [0.5, 0.6) is 5.75 Å². The first-order chi connectivity index (χ1) is 9.73. The Morgan fingerprint density at radius 1 is 1.14 bits per heavy atom. The van der Waals surface area contributed by atoms with Crippen molar-refractivity contribution in [3.05, 3.63) is 46.4 Å². The van der Waals surface area contributed by atoms with Crippen molar-refractivity contribution in [1.29, 1.82) is 0 Å². The van der Waals surface area contributed by atoms with Gasteiger partial charge in [0.25, 0.3) is 10.0 Å². The zero-order chi connectivity index (χ0) is 15.8. The highest BCUT2D eigenvalue weighted by atomic mass is 35.5. The molecule has 0 aromatic heterocycles. The number of hydrogen-bond donors (Lipinski definition) is 2. The molecule has 8 heteroatoms. The zero-order valence-corrected chi connectivity index (χ0v) is 13.2. The molecule has 5 nitrogen and oxygen atoms in total. The van der Waals surface area contributed by atoms with E-state index in [1.54, 1.807) is 0 Å². The number of phenols is 1. The van der Waals surface area contributed by atoms with E-state index in [1.165, 1.54) is 43.4 Å². The number of sulfonamides is 1. The van der Waals surface area contributed by atoms with Crippen LogP contribution >= 0.6 is 23.2 Å². The Hall–Kier alpha value is -1.63. The summed E-state index contributed by atoms with van der Waals surface area (Å²) >= 11 is 11.9. The number of aromatic hydroxyl groups is 1. The van der Waals surface area contributed by atoms with Crippen molar-refractivity contribution >= 4 is 44.6 Å². The van der Waals surface area contributed by atoms with Crippen molar-refractivity contribution in [2.75, 3.05) is 17.1 Å². The summed E-state index contributed by atoms with van der Waals surface area (Å²) in [4.78, 5) is -0.231.